The minimum absolute atomic E-state index is 0.121. The molecule has 0 unspecified atom stereocenters. The Morgan fingerprint density at radius 2 is 1.64 bits per heavy atom. The smallest absolute Gasteiger partial charge is 0.255 e. The van der Waals surface area contributed by atoms with Crippen LogP contribution in [0, 0.1) is 6.92 Å². The van der Waals surface area contributed by atoms with Gasteiger partial charge in [-0.3, -0.25) is 9.59 Å². The molecule has 28 heavy (non-hydrogen) atoms. The summed E-state index contributed by atoms with van der Waals surface area (Å²) in [4.78, 5) is 25.6. The molecule has 0 aliphatic heterocycles. The first-order chi connectivity index (χ1) is 13.5. The summed E-state index contributed by atoms with van der Waals surface area (Å²) < 4.78 is 0. The summed E-state index contributed by atoms with van der Waals surface area (Å²) >= 11 is 7.30. The molecule has 3 aromatic carbocycles. The van der Waals surface area contributed by atoms with Crippen molar-refractivity contribution in [3.63, 3.8) is 0 Å². The van der Waals surface area contributed by atoms with E-state index >= 15 is 0 Å². The van der Waals surface area contributed by atoms with Crippen molar-refractivity contribution in [2.75, 3.05) is 16.4 Å². The van der Waals surface area contributed by atoms with E-state index in [-0.39, 0.29) is 17.6 Å². The van der Waals surface area contributed by atoms with Crippen LogP contribution in [0.1, 0.15) is 15.9 Å². The highest BCUT2D eigenvalue weighted by molar-refractivity contribution is 8.00. The fourth-order valence-corrected chi connectivity index (χ4v) is 3.32. The Morgan fingerprint density at radius 3 is 2.36 bits per heavy atom. The van der Waals surface area contributed by atoms with Gasteiger partial charge in [-0.2, -0.15) is 0 Å². The van der Waals surface area contributed by atoms with Crippen molar-refractivity contribution in [1.29, 1.82) is 0 Å². The van der Waals surface area contributed by atoms with Gasteiger partial charge in [0.15, 0.2) is 0 Å². The summed E-state index contributed by atoms with van der Waals surface area (Å²) in [6.45, 7) is 1.91. The standard InChI is InChI=1S/C22H19ClN2O2S/c1-15-7-10-18(13-20(15)25-22(27)16-5-3-2-4-6-16)24-21(26)14-28-19-11-8-17(23)9-12-19/h2-13H,14H2,1H3,(H,24,26)(H,25,27). The molecule has 142 valence electrons. The van der Waals surface area contributed by atoms with Crippen molar-refractivity contribution in [3.8, 4) is 0 Å². The third kappa shape index (κ3) is 5.62. The SMILES string of the molecule is Cc1ccc(NC(=O)CSc2ccc(Cl)cc2)cc1NC(=O)c1ccccc1. The molecule has 0 radical (unpaired) electrons. The van der Waals surface area contributed by atoms with E-state index in [0.29, 0.717) is 22.0 Å². The van der Waals surface area contributed by atoms with Gasteiger partial charge in [0.25, 0.3) is 5.91 Å². The fourth-order valence-electron chi connectivity index (χ4n) is 2.50. The second-order valence-corrected chi connectivity index (χ2v) is 7.63. The topological polar surface area (TPSA) is 58.2 Å². The number of carbonyl (C=O) groups is 2. The average molecular weight is 411 g/mol. The Balaban J connectivity index is 1.61. The molecule has 0 heterocycles. The van der Waals surface area contributed by atoms with E-state index in [2.05, 4.69) is 10.6 Å². The van der Waals surface area contributed by atoms with Gasteiger partial charge in [-0.25, -0.2) is 0 Å². The van der Waals surface area contributed by atoms with E-state index in [4.69, 9.17) is 11.6 Å². The molecule has 3 aromatic rings. The van der Waals surface area contributed by atoms with Crippen LogP contribution in [0.3, 0.4) is 0 Å². The van der Waals surface area contributed by atoms with Crippen molar-refractivity contribution < 1.29 is 9.59 Å². The van der Waals surface area contributed by atoms with Crippen molar-refractivity contribution in [1.82, 2.24) is 0 Å². The quantitative estimate of drug-likeness (QED) is 0.517. The molecule has 2 N–H and O–H groups in total. The van der Waals surface area contributed by atoms with Crippen LogP contribution in [0.4, 0.5) is 11.4 Å². The van der Waals surface area contributed by atoms with Crippen LogP contribution in [-0.2, 0) is 4.79 Å². The Bertz CT molecular complexity index is 976. The summed E-state index contributed by atoms with van der Waals surface area (Å²) in [5.74, 6) is -0.0316. The summed E-state index contributed by atoms with van der Waals surface area (Å²) in [6.07, 6.45) is 0. The lowest BCUT2D eigenvalue weighted by Gasteiger charge is -2.12. The van der Waals surface area contributed by atoms with Crippen LogP contribution in [-0.4, -0.2) is 17.6 Å². The number of anilines is 2. The number of amides is 2. The number of nitrogens with one attached hydrogen (secondary N) is 2. The molecule has 6 heteroatoms. The van der Waals surface area contributed by atoms with Gasteiger partial charge in [-0.15, -0.1) is 11.8 Å². The molecule has 2 amide bonds. The zero-order chi connectivity index (χ0) is 19.9. The van der Waals surface area contributed by atoms with E-state index in [1.165, 1.54) is 11.8 Å². The van der Waals surface area contributed by atoms with Gasteiger partial charge >= 0.3 is 0 Å². The third-order valence-electron chi connectivity index (χ3n) is 3.99. The lowest BCUT2D eigenvalue weighted by Crippen LogP contribution is -2.15. The van der Waals surface area contributed by atoms with Gasteiger partial charge in [0, 0.05) is 26.9 Å². The largest absolute Gasteiger partial charge is 0.325 e. The predicted molar refractivity (Wildman–Crippen MR) is 116 cm³/mol. The zero-order valence-corrected chi connectivity index (χ0v) is 16.8. The number of aryl methyl sites for hydroxylation is 1. The molecule has 0 fully saturated rings. The highest BCUT2D eigenvalue weighted by Crippen LogP contribution is 2.23. The Labute approximate surface area is 173 Å². The number of hydrogen-bond acceptors (Lipinski definition) is 3. The van der Waals surface area contributed by atoms with E-state index in [9.17, 15) is 9.59 Å². The maximum absolute atomic E-state index is 12.4. The van der Waals surface area contributed by atoms with Crippen LogP contribution in [0.15, 0.2) is 77.7 Å². The number of thioether (sulfide) groups is 1. The van der Waals surface area contributed by atoms with Crippen LogP contribution in [0.25, 0.3) is 0 Å². The fraction of sp³-hybridized carbons (Fsp3) is 0.0909. The minimum Gasteiger partial charge on any atom is -0.325 e. The van der Waals surface area contributed by atoms with Crippen molar-refractivity contribution in [2.24, 2.45) is 0 Å². The number of hydrogen-bond donors (Lipinski definition) is 2. The molecule has 0 atom stereocenters. The minimum atomic E-state index is -0.189. The van der Waals surface area contributed by atoms with Crippen molar-refractivity contribution in [2.45, 2.75) is 11.8 Å². The Morgan fingerprint density at radius 1 is 0.929 bits per heavy atom. The summed E-state index contributed by atoms with van der Waals surface area (Å²) in [7, 11) is 0. The monoisotopic (exact) mass is 410 g/mol. The highest BCUT2D eigenvalue weighted by Gasteiger charge is 2.10. The van der Waals surface area contributed by atoms with E-state index in [1.54, 1.807) is 30.3 Å². The van der Waals surface area contributed by atoms with Gasteiger partial charge in [0.1, 0.15) is 0 Å². The molecular formula is C22H19ClN2O2S. The zero-order valence-electron chi connectivity index (χ0n) is 15.2. The first-order valence-electron chi connectivity index (χ1n) is 8.66. The number of rotatable bonds is 6. The first kappa shape index (κ1) is 20.0. The van der Waals surface area contributed by atoms with Gasteiger partial charge in [-0.1, -0.05) is 35.9 Å². The lowest BCUT2D eigenvalue weighted by molar-refractivity contribution is -0.113. The predicted octanol–water partition coefficient (Wildman–Crippen LogP) is 5.63. The molecule has 3 rings (SSSR count). The van der Waals surface area contributed by atoms with E-state index in [0.717, 1.165) is 10.5 Å². The van der Waals surface area contributed by atoms with Crippen molar-refractivity contribution >= 4 is 46.6 Å². The molecular weight excluding hydrogens is 392 g/mol. The molecule has 0 saturated carbocycles. The van der Waals surface area contributed by atoms with Gasteiger partial charge in [0.05, 0.1) is 5.75 Å². The summed E-state index contributed by atoms with van der Waals surface area (Å²) in [6, 6.07) is 21.8. The number of carbonyl (C=O) groups excluding carboxylic acids is 2. The average Bonchev–Trinajstić information content (AvgIpc) is 2.71. The van der Waals surface area contributed by atoms with Gasteiger partial charge < -0.3 is 10.6 Å². The summed E-state index contributed by atoms with van der Waals surface area (Å²) in [5.41, 5.74) is 2.79. The Hall–Kier alpha value is -2.76. The molecule has 0 saturated heterocycles. The molecule has 0 aromatic heterocycles. The van der Waals surface area contributed by atoms with E-state index < -0.39 is 0 Å². The number of benzene rings is 3. The molecule has 0 aliphatic carbocycles. The maximum Gasteiger partial charge on any atom is 0.255 e. The normalized spacial score (nSPS) is 10.4. The first-order valence-corrected chi connectivity index (χ1v) is 10.0. The second kappa shape index (κ2) is 9.44. The highest BCUT2D eigenvalue weighted by atomic mass is 35.5. The van der Waals surface area contributed by atoms with Crippen LogP contribution in [0.5, 0.6) is 0 Å². The lowest BCUT2D eigenvalue weighted by atomic mass is 10.1. The number of halogens is 1. The molecule has 0 bridgehead atoms. The van der Waals surface area contributed by atoms with Crippen molar-refractivity contribution in [3.05, 3.63) is 88.9 Å². The van der Waals surface area contributed by atoms with Crippen LogP contribution >= 0.6 is 23.4 Å². The van der Waals surface area contributed by atoms with Gasteiger partial charge in [0.2, 0.25) is 5.91 Å². The summed E-state index contributed by atoms with van der Waals surface area (Å²) in [5, 5.41) is 6.43. The Kier molecular flexibility index (Phi) is 6.74. The third-order valence-corrected chi connectivity index (χ3v) is 5.25. The second-order valence-electron chi connectivity index (χ2n) is 6.14. The maximum atomic E-state index is 12.4. The van der Waals surface area contributed by atoms with Gasteiger partial charge in [-0.05, 0) is 61.0 Å². The van der Waals surface area contributed by atoms with Crippen LogP contribution < -0.4 is 10.6 Å². The molecule has 0 aliphatic rings. The van der Waals surface area contributed by atoms with E-state index in [1.807, 2.05) is 49.4 Å². The molecule has 4 nitrogen and oxygen atoms in total. The van der Waals surface area contributed by atoms with Crippen LogP contribution in [0.2, 0.25) is 5.02 Å². The molecule has 0 spiro atoms.